The maximum Gasteiger partial charge on any atom is 0.303 e. The van der Waals surface area contributed by atoms with Gasteiger partial charge in [0.15, 0.2) is 0 Å². The number of hydrogen-bond acceptors (Lipinski definition) is 4. The number of hydrogen-bond donors (Lipinski definition) is 1. The molecule has 0 unspecified atom stereocenters. The molecule has 1 aliphatic rings. The molecule has 1 saturated heterocycles. The van der Waals surface area contributed by atoms with E-state index < -0.39 is 11.8 Å². The number of carbonyl (C=O) groups excluding carboxylic acids is 1. The Balaban J connectivity index is 1.94. The van der Waals surface area contributed by atoms with Gasteiger partial charge in [-0.25, -0.2) is 4.39 Å². The fraction of sp³-hybridized carbons (Fsp3) is 0.556. The van der Waals surface area contributed by atoms with E-state index in [1.54, 1.807) is 12.0 Å². The highest BCUT2D eigenvalue weighted by molar-refractivity contribution is 5.94. The molecule has 0 bridgehead atoms. The number of aliphatic carboxylic acids is 1. The molecule has 0 aliphatic carbocycles. The van der Waals surface area contributed by atoms with Crippen LogP contribution in [0.4, 0.5) is 4.39 Å². The number of carboxylic acid groups (broad SMARTS) is 1. The molecule has 0 atom stereocenters. The number of likely N-dealkylation sites (tertiary alicyclic amines) is 1. The molecule has 1 aliphatic heterocycles. The average Bonchev–Trinajstić information content (AvgIpc) is 2.60. The van der Waals surface area contributed by atoms with Crippen LogP contribution in [0, 0.1) is 11.7 Å². The van der Waals surface area contributed by atoms with Crippen molar-refractivity contribution in [3.05, 3.63) is 35.1 Å². The van der Waals surface area contributed by atoms with Gasteiger partial charge in [-0.15, -0.1) is 0 Å². The van der Waals surface area contributed by atoms with E-state index >= 15 is 0 Å². The summed E-state index contributed by atoms with van der Waals surface area (Å²) >= 11 is 0. The van der Waals surface area contributed by atoms with Crippen LogP contribution in [0.2, 0.25) is 0 Å². The predicted molar refractivity (Wildman–Crippen MR) is 88.8 cm³/mol. The molecule has 6 nitrogen and oxygen atoms in total. The lowest BCUT2D eigenvalue weighted by atomic mass is 9.93. The lowest BCUT2D eigenvalue weighted by Gasteiger charge is -2.31. The summed E-state index contributed by atoms with van der Waals surface area (Å²) in [6.07, 6.45) is 1.49. The topological polar surface area (TPSA) is 76.1 Å². The molecular weight excluding hydrogens is 329 g/mol. The Hall–Kier alpha value is -1.99. The molecule has 7 heteroatoms. The van der Waals surface area contributed by atoms with Crippen molar-refractivity contribution >= 4 is 11.9 Å². The van der Waals surface area contributed by atoms with Gasteiger partial charge in [0.1, 0.15) is 5.82 Å². The van der Waals surface area contributed by atoms with Gasteiger partial charge in [0, 0.05) is 37.7 Å². The molecule has 0 saturated carbocycles. The summed E-state index contributed by atoms with van der Waals surface area (Å²) in [6.45, 7) is 1.90. The summed E-state index contributed by atoms with van der Waals surface area (Å²) < 4.78 is 24.1. The predicted octanol–water partition coefficient (Wildman–Crippen LogP) is 2.32. The first-order valence-electron chi connectivity index (χ1n) is 8.37. The fourth-order valence-electron chi connectivity index (χ4n) is 2.91. The Labute approximate surface area is 146 Å². The van der Waals surface area contributed by atoms with Crippen LogP contribution in [0.1, 0.15) is 35.2 Å². The third kappa shape index (κ3) is 5.79. The first-order chi connectivity index (χ1) is 12.0. The van der Waals surface area contributed by atoms with E-state index in [1.165, 1.54) is 18.2 Å². The Kier molecular flexibility index (Phi) is 7.33. The highest BCUT2D eigenvalue weighted by Gasteiger charge is 2.25. The summed E-state index contributed by atoms with van der Waals surface area (Å²) in [6, 6.07) is 4.27. The molecule has 0 radical (unpaired) electrons. The number of methoxy groups -OCH3 is 1. The van der Waals surface area contributed by atoms with Gasteiger partial charge in [-0.3, -0.25) is 9.59 Å². The van der Waals surface area contributed by atoms with Crippen LogP contribution < -0.4 is 0 Å². The van der Waals surface area contributed by atoms with E-state index in [2.05, 4.69) is 0 Å². The summed E-state index contributed by atoms with van der Waals surface area (Å²) in [5.74, 6) is -1.26. The molecule has 1 aromatic carbocycles. The van der Waals surface area contributed by atoms with E-state index in [-0.39, 0.29) is 24.9 Å². The number of carboxylic acids is 1. The number of rotatable bonds is 8. The smallest absolute Gasteiger partial charge is 0.303 e. The van der Waals surface area contributed by atoms with Crippen molar-refractivity contribution in [3.63, 3.8) is 0 Å². The number of benzene rings is 1. The Morgan fingerprint density at radius 3 is 2.64 bits per heavy atom. The van der Waals surface area contributed by atoms with Crippen molar-refractivity contribution in [1.29, 1.82) is 0 Å². The molecular formula is C18H24FNO5. The molecule has 0 aromatic heterocycles. The van der Waals surface area contributed by atoms with E-state index in [0.29, 0.717) is 50.3 Å². The van der Waals surface area contributed by atoms with Gasteiger partial charge in [0.25, 0.3) is 5.91 Å². The van der Waals surface area contributed by atoms with Gasteiger partial charge in [-0.1, -0.05) is 0 Å². The number of halogens is 1. The maximum absolute atomic E-state index is 13.9. The summed E-state index contributed by atoms with van der Waals surface area (Å²) in [4.78, 5) is 25.1. The van der Waals surface area contributed by atoms with Gasteiger partial charge >= 0.3 is 5.97 Å². The molecule has 1 fully saturated rings. The van der Waals surface area contributed by atoms with Gasteiger partial charge < -0.3 is 19.5 Å². The van der Waals surface area contributed by atoms with Crippen LogP contribution in [0.15, 0.2) is 18.2 Å². The van der Waals surface area contributed by atoms with Gasteiger partial charge in [0.05, 0.1) is 19.8 Å². The second-order valence-electron chi connectivity index (χ2n) is 6.19. The molecule has 0 spiro atoms. The maximum atomic E-state index is 13.9. The monoisotopic (exact) mass is 353 g/mol. The van der Waals surface area contributed by atoms with Crippen molar-refractivity contribution in [2.24, 2.45) is 5.92 Å². The van der Waals surface area contributed by atoms with Crippen LogP contribution in [0.25, 0.3) is 0 Å². The summed E-state index contributed by atoms with van der Waals surface area (Å²) in [5.41, 5.74) is 0.756. The standard InChI is InChI=1S/C18H24FNO5/c1-24-8-9-25-12-15-11-14(2-3-16(15)19)18(23)20-6-4-13(5-7-20)10-17(21)22/h2-3,11,13H,4-10,12H2,1H3,(H,21,22). The van der Waals surface area contributed by atoms with Crippen molar-refractivity contribution in [3.8, 4) is 0 Å². The lowest BCUT2D eigenvalue weighted by molar-refractivity contribution is -0.138. The van der Waals surface area contributed by atoms with Crippen LogP contribution in [-0.2, 0) is 20.9 Å². The second-order valence-corrected chi connectivity index (χ2v) is 6.19. The number of amides is 1. The first-order valence-corrected chi connectivity index (χ1v) is 8.37. The number of nitrogens with zero attached hydrogens (tertiary/aromatic N) is 1. The average molecular weight is 353 g/mol. The minimum absolute atomic E-state index is 0.0804. The van der Waals surface area contributed by atoms with Gasteiger partial charge in [0.2, 0.25) is 0 Å². The van der Waals surface area contributed by atoms with Crippen LogP contribution in [0.5, 0.6) is 0 Å². The van der Waals surface area contributed by atoms with Crippen LogP contribution in [0.3, 0.4) is 0 Å². The molecule has 1 heterocycles. The summed E-state index contributed by atoms with van der Waals surface area (Å²) in [5, 5.41) is 8.84. The van der Waals surface area contributed by atoms with Gasteiger partial charge in [-0.2, -0.15) is 0 Å². The van der Waals surface area contributed by atoms with E-state index in [0.717, 1.165) is 0 Å². The Morgan fingerprint density at radius 2 is 2.00 bits per heavy atom. The Morgan fingerprint density at radius 1 is 1.28 bits per heavy atom. The largest absolute Gasteiger partial charge is 0.481 e. The molecule has 138 valence electrons. The molecule has 2 rings (SSSR count). The minimum atomic E-state index is -0.804. The zero-order chi connectivity index (χ0) is 18.2. The van der Waals surface area contributed by atoms with E-state index in [9.17, 15) is 14.0 Å². The Bertz CT molecular complexity index is 599. The third-order valence-corrected chi connectivity index (χ3v) is 4.35. The SMILES string of the molecule is COCCOCc1cc(C(=O)N2CCC(CC(=O)O)CC2)ccc1F. The van der Waals surface area contributed by atoms with E-state index in [4.69, 9.17) is 14.6 Å². The quantitative estimate of drug-likeness (QED) is 0.726. The highest BCUT2D eigenvalue weighted by Crippen LogP contribution is 2.22. The number of piperidine rings is 1. The zero-order valence-corrected chi connectivity index (χ0v) is 14.4. The molecule has 25 heavy (non-hydrogen) atoms. The van der Waals surface area contributed by atoms with Gasteiger partial charge in [-0.05, 0) is 37.0 Å². The summed E-state index contributed by atoms with van der Waals surface area (Å²) in [7, 11) is 1.56. The molecule has 1 N–H and O–H groups in total. The van der Waals surface area contributed by atoms with Crippen LogP contribution in [-0.4, -0.2) is 55.3 Å². The van der Waals surface area contributed by atoms with Crippen molar-refractivity contribution in [1.82, 2.24) is 4.90 Å². The third-order valence-electron chi connectivity index (χ3n) is 4.35. The fourth-order valence-corrected chi connectivity index (χ4v) is 2.91. The second kappa shape index (κ2) is 9.48. The van der Waals surface area contributed by atoms with Crippen molar-refractivity contribution < 1.29 is 28.6 Å². The van der Waals surface area contributed by atoms with Crippen molar-refractivity contribution in [2.45, 2.75) is 25.9 Å². The first kappa shape index (κ1) is 19.3. The lowest BCUT2D eigenvalue weighted by Crippen LogP contribution is -2.39. The van der Waals surface area contributed by atoms with E-state index in [1.807, 2.05) is 0 Å². The minimum Gasteiger partial charge on any atom is -0.481 e. The van der Waals surface area contributed by atoms with Crippen LogP contribution >= 0.6 is 0 Å². The molecule has 1 amide bonds. The zero-order valence-electron chi connectivity index (χ0n) is 14.4. The number of carbonyl (C=O) groups is 2. The highest BCUT2D eigenvalue weighted by atomic mass is 19.1. The normalized spacial score (nSPS) is 15.4. The molecule has 1 aromatic rings. The van der Waals surface area contributed by atoms with Crippen molar-refractivity contribution in [2.75, 3.05) is 33.4 Å². The number of ether oxygens (including phenoxy) is 2.